The van der Waals surface area contributed by atoms with Gasteiger partial charge in [-0.25, -0.2) is 0 Å². The van der Waals surface area contributed by atoms with Crippen LogP contribution < -0.4 is 10.1 Å². The Kier molecular flexibility index (Phi) is 6.23. The highest BCUT2D eigenvalue weighted by molar-refractivity contribution is 7.99. The summed E-state index contributed by atoms with van der Waals surface area (Å²) < 4.78 is 5.31. The monoisotopic (exact) mass is 368 g/mol. The van der Waals surface area contributed by atoms with E-state index in [1.807, 2.05) is 48.7 Å². The number of hydrogen-bond donors (Lipinski definition) is 2. The number of aromatic nitrogens is 1. The third kappa shape index (κ3) is 4.22. The van der Waals surface area contributed by atoms with E-state index < -0.39 is 0 Å². The normalized spacial score (nSPS) is 10.8. The van der Waals surface area contributed by atoms with Crippen molar-refractivity contribution in [2.45, 2.75) is 24.7 Å². The van der Waals surface area contributed by atoms with E-state index >= 15 is 0 Å². The Labute approximate surface area is 158 Å². The molecule has 5 heteroatoms. The van der Waals surface area contributed by atoms with Crippen molar-refractivity contribution in [3.05, 3.63) is 59.8 Å². The lowest BCUT2D eigenvalue weighted by atomic mass is 10.1. The van der Waals surface area contributed by atoms with Crippen LogP contribution in [0.15, 0.2) is 53.6 Å². The van der Waals surface area contributed by atoms with E-state index in [9.17, 15) is 4.79 Å². The summed E-state index contributed by atoms with van der Waals surface area (Å²) in [5.41, 5.74) is 3.01. The highest BCUT2D eigenvalue weighted by Gasteiger charge is 2.11. The fraction of sp³-hybridized carbons (Fsp3) is 0.286. The topological polar surface area (TPSA) is 54.1 Å². The lowest BCUT2D eigenvalue weighted by molar-refractivity contribution is 0.0951. The molecule has 0 saturated heterocycles. The van der Waals surface area contributed by atoms with Crippen molar-refractivity contribution in [2.24, 2.45) is 0 Å². The number of hydrogen-bond acceptors (Lipinski definition) is 3. The van der Waals surface area contributed by atoms with E-state index in [4.69, 9.17) is 4.74 Å². The number of benzene rings is 2. The van der Waals surface area contributed by atoms with Crippen molar-refractivity contribution in [3.63, 3.8) is 0 Å². The molecule has 0 aliphatic heterocycles. The van der Waals surface area contributed by atoms with Gasteiger partial charge in [0.2, 0.25) is 0 Å². The van der Waals surface area contributed by atoms with Gasteiger partial charge in [-0.15, -0.1) is 11.8 Å². The van der Waals surface area contributed by atoms with Gasteiger partial charge in [0.1, 0.15) is 5.75 Å². The van der Waals surface area contributed by atoms with Crippen LogP contribution in [-0.4, -0.2) is 30.3 Å². The van der Waals surface area contributed by atoms with Gasteiger partial charge in [-0.2, -0.15) is 0 Å². The molecular weight excluding hydrogens is 344 g/mol. The first-order chi connectivity index (χ1) is 12.7. The fourth-order valence-corrected chi connectivity index (χ4v) is 3.80. The second-order valence-corrected chi connectivity index (χ2v) is 7.21. The molecule has 0 bridgehead atoms. The molecule has 1 amide bonds. The molecule has 3 aromatic rings. The van der Waals surface area contributed by atoms with Gasteiger partial charge in [0.25, 0.3) is 5.91 Å². The summed E-state index contributed by atoms with van der Waals surface area (Å²) >= 11 is 1.73. The molecule has 4 nitrogen and oxygen atoms in total. The zero-order valence-corrected chi connectivity index (χ0v) is 16.0. The van der Waals surface area contributed by atoms with E-state index in [0.29, 0.717) is 6.54 Å². The Bertz CT molecular complexity index is 889. The third-order valence-corrected chi connectivity index (χ3v) is 5.53. The fourth-order valence-electron chi connectivity index (χ4n) is 2.89. The number of carbonyl (C=O) groups excluding carboxylic acids is 1. The molecule has 2 N–H and O–H groups in total. The highest BCUT2D eigenvalue weighted by Crippen LogP contribution is 2.25. The Morgan fingerprint density at radius 1 is 1.23 bits per heavy atom. The molecule has 0 radical (unpaired) electrons. The Morgan fingerprint density at radius 3 is 2.88 bits per heavy atom. The maximum Gasteiger partial charge on any atom is 0.252 e. The van der Waals surface area contributed by atoms with E-state index in [-0.39, 0.29) is 5.91 Å². The van der Waals surface area contributed by atoms with E-state index in [0.717, 1.165) is 45.7 Å². The first-order valence-corrected chi connectivity index (χ1v) is 9.85. The molecule has 0 aliphatic carbocycles. The number of ether oxygens (including phenoxy) is 1. The maximum atomic E-state index is 12.6. The number of methoxy groups -OCH3 is 1. The highest BCUT2D eigenvalue weighted by atomic mass is 32.2. The predicted octanol–water partition coefficient (Wildman–Crippen LogP) is 4.65. The van der Waals surface area contributed by atoms with Gasteiger partial charge in [-0.1, -0.05) is 19.1 Å². The summed E-state index contributed by atoms with van der Waals surface area (Å²) in [5.74, 6) is 1.84. The summed E-state index contributed by atoms with van der Waals surface area (Å²) in [6.45, 7) is 2.74. The number of rotatable bonds is 8. The maximum absolute atomic E-state index is 12.6. The second kappa shape index (κ2) is 8.81. The van der Waals surface area contributed by atoms with Gasteiger partial charge < -0.3 is 15.0 Å². The molecule has 0 fully saturated rings. The standard InChI is InChI=1S/C21H24N2O2S/c1-3-12-26-20-7-5-4-6-17(20)21(24)22-11-10-15-14-23-19-9-8-16(25-2)13-18(15)19/h4-9,13-14,23H,3,10-12H2,1-2H3,(H,22,24). The predicted molar refractivity (Wildman–Crippen MR) is 108 cm³/mol. The van der Waals surface area contributed by atoms with Crippen LogP contribution in [0.4, 0.5) is 0 Å². The molecule has 0 unspecified atom stereocenters. The number of amides is 1. The second-order valence-electron chi connectivity index (χ2n) is 6.08. The quantitative estimate of drug-likeness (QED) is 0.569. The van der Waals surface area contributed by atoms with Gasteiger partial charge in [0, 0.05) is 28.5 Å². The van der Waals surface area contributed by atoms with Gasteiger partial charge >= 0.3 is 0 Å². The van der Waals surface area contributed by atoms with Crippen LogP contribution in [0, 0.1) is 0 Å². The number of nitrogens with one attached hydrogen (secondary N) is 2. The average molecular weight is 369 g/mol. The first kappa shape index (κ1) is 18.4. The molecule has 0 aliphatic rings. The Balaban J connectivity index is 1.64. The zero-order chi connectivity index (χ0) is 18.4. The number of thioether (sulfide) groups is 1. The zero-order valence-electron chi connectivity index (χ0n) is 15.2. The molecule has 1 aromatic heterocycles. The smallest absolute Gasteiger partial charge is 0.252 e. The molecule has 136 valence electrons. The average Bonchev–Trinajstić information content (AvgIpc) is 3.08. The van der Waals surface area contributed by atoms with Crippen molar-refractivity contribution < 1.29 is 9.53 Å². The molecule has 0 spiro atoms. The minimum absolute atomic E-state index is 0.0124. The van der Waals surface area contributed by atoms with Gasteiger partial charge in [-0.05, 0) is 54.5 Å². The van der Waals surface area contributed by atoms with Crippen LogP contribution in [0.3, 0.4) is 0 Å². The lowest BCUT2D eigenvalue weighted by Crippen LogP contribution is -2.26. The third-order valence-electron chi connectivity index (χ3n) is 4.25. The summed E-state index contributed by atoms with van der Waals surface area (Å²) in [4.78, 5) is 16.9. The van der Waals surface area contributed by atoms with Crippen LogP contribution in [0.5, 0.6) is 5.75 Å². The van der Waals surface area contributed by atoms with Crippen LogP contribution >= 0.6 is 11.8 Å². The van der Waals surface area contributed by atoms with Gasteiger partial charge in [0.05, 0.1) is 12.7 Å². The van der Waals surface area contributed by atoms with Crippen LogP contribution in [-0.2, 0) is 6.42 Å². The summed E-state index contributed by atoms with van der Waals surface area (Å²) in [6.07, 6.45) is 3.86. The Hall–Kier alpha value is -2.40. The lowest BCUT2D eigenvalue weighted by Gasteiger charge is -2.09. The first-order valence-electron chi connectivity index (χ1n) is 8.87. The van der Waals surface area contributed by atoms with Crippen molar-refractivity contribution in [1.29, 1.82) is 0 Å². The van der Waals surface area contributed by atoms with E-state index in [1.54, 1.807) is 18.9 Å². The number of aromatic amines is 1. The molecule has 1 heterocycles. The molecular formula is C21H24N2O2S. The largest absolute Gasteiger partial charge is 0.497 e. The summed E-state index contributed by atoms with van der Waals surface area (Å²) in [7, 11) is 1.67. The van der Waals surface area contributed by atoms with Crippen LogP contribution in [0.1, 0.15) is 29.3 Å². The van der Waals surface area contributed by atoms with Crippen molar-refractivity contribution in [3.8, 4) is 5.75 Å². The Morgan fingerprint density at radius 2 is 2.08 bits per heavy atom. The van der Waals surface area contributed by atoms with Gasteiger partial charge in [-0.3, -0.25) is 4.79 Å². The molecule has 2 aromatic carbocycles. The van der Waals surface area contributed by atoms with Crippen LogP contribution in [0.25, 0.3) is 10.9 Å². The number of H-pyrrole nitrogens is 1. The molecule has 26 heavy (non-hydrogen) atoms. The number of fused-ring (bicyclic) bond motifs is 1. The minimum atomic E-state index is -0.0124. The minimum Gasteiger partial charge on any atom is -0.497 e. The van der Waals surface area contributed by atoms with E-state index in [2.05, 4.69) is 17.2 Å². The number of carbonyl (C=O) groups is 1. The molecule has 3 rings (SSSR count). The SMILES string of the molecule is CCCSc1ccccc1C(=O)NCCc1c[nH]c2ccc(OC)cc12. The summed E-state index contributed by atoms with van der Waals surface area (Å²) in [6, 6.07) is 13.8. The summed E-state index contributed by atoms with van der Waals surface area (Å²) in [5, 5.41) is 4.19. The van der Waals surface area contributed by atoms with Crippen LogP contribution in [0.2, 0.25) is 0 Å². The van der Waals surface area contributed by atoms with E-state index in [1.165, 1.54) is 5.56 Å². The van der Waals surface area contributed by atoms with Crippen molar-refractivity contribution >= 4 is 28.6 Å². The van der Waals surface area contributed by atoms with Crippen molar-refractivity contribution in [1.82, 2.24) is 10.3 Å². The molecule has 0 atom stereocenters. The van der Waals surface area contributed by atoms with Crippen molar-refractivity contribution in [2.75, 3.05) is 19.4 Å². The molecule has 0 saturated carbocycles. The van der Waals surface area contributed by atoms with Gasteiger partial charge in [0.15, 0.2) is 0 Å².